The highest BCUT2D eigenvalue weighted by atomic mass is 19.1. The predicted molar refractivity (Wildman–Crippen MR) is 107 cm³/mol. The fourth-order valence-corrected chi connectivity index (χ4v) is 3.11. The third-order valence-electron chi connectivity index (χ3n) is 4.66. The first kappa shape index (κ1) is 19.1. The summed E-state index contributed by atoms with van der Waals surface area (Å²) < 4.78 is 35.7. The van der Waals surface area contributed by atoms with Crippen molar-refractivity contribution in [2.45, 2.75) is 19.7 Å². The quantitative estimate of drug-likeness (QED) is 0.611. The van der Waals surface area contributed by atoms with Crippen molar-refractivity contribution in [3.63, 3.8) is 0 Å². The first-order valence-electron chi connectivity index (χ1n) is 9.35. The number of methoxy groups -OCH3 is 1. The van der Waals surface area contributed by atoms with Gasteiger partial charge in [-0.25, -0.2) is 4.39 Å². The van der Waals surface area contributed by atoms with E-state index in [1.807, 2.05) is 36.4 Å². The molecule has 150 valence electrons. The van der Waals surface area contributed by atoms with Crippen LogP contribution in [0.3, 0.4) is 0 Å². The largest absolute Gasteiger partial charge is 0.493 e. The lowest BCUT2D eigenvalue weighted by atomic mass is 10.1. The van der Waals surface area contributed by atoms with Crippen molar-refractivity contribution in [2.75, 3.05) is 13.9 Å². The molecule has 0 aliphatic carbocycles. The van der Waals surface area contributed by atoms with Gasteiger partial charge in [0.15, 0.2) is 23.0 Å². The van der Waals surface area contributed by atoms with Crippen LogP contribution in [0.2, 0.25) is 0 Å². The van der Waals surface area contributed by atoms with Crippen LogP contribution >= 0.6 is 0 Å². The minimum atomic E-state index is -0.282. The molecule has 0 fully saturated rings. The highest BCUT2D eigenvalue weighted by molar-refractivity contribution is 5.45. The van der Waals surface area contributed by atoms with E-state index in [0.717, 1.165) is 22.6 Å². The molecule has 1 heterocycles. The molecule has 1 aliphatic rings. The van der Waals surface area contributed by atoms with Crippen molar-refractivity contribution in [2.24, 2.45) is 0 Å². The highest BCUT2D eigenvalue weighted by Gasteiger charge is 2.13. The molecule has 29 heavy (non-hydrogen) atoms. The number of rotatable bonds is 8. The zero-order valence-corrected chi connectivity index (χ0v) is 16.1. The third-order valence-corrected chi connectivity index (χ3v) is 4.66. The van der Waals surface area contributed by atoms with E-state index < -0.39 is 0 Å². The molecule has 3 aromatic rings. The maximum atomic E-state index is 13.8. The van der Waals surface area contributed by atoms with Crippen molar-refractivity contribution < 1.29 is 23.3 Å². The summed E-state index contributed by atoms with van der Waals surface area (Å²) in [5.41, 5.74) is 2.68. The summed E-state index contributed by atoms with van der Waals surface area (Å²) in [5, 5.41) is 3.40. The molecule has 0 saturated carbocycles. The minimum Gasteiger partial charge on any atom is -0.493 e. The predicted octanol–water partition coefficient (Wildman–Crippen LogP) is 4.43. The van der Waals surface area contributed by atoms with Crippen LogP contribution in [0, 0.1) is 5.82 Å². The zero-order valence-electron chi connectivity index (χ0n) is 16.1. The van der Waals surface area contributed by atoms with Gasteiger partial charge in [0.25, 0.3) is 0 Å². The number of nitrogens with one attached hydrogen (secondary N) is 1. The normalized spacial score (nSPS) is 12.1. The summed E-state index contributed by atoms with van der Waals surface area (Å²) in [4.78, 5) is 0. The second-order valence-corrected chi connectivity index (χ2v) is 6.66. The molecule has 5 nitrogen and oxygen atoms in total. The molecule has 0 unspecified atom stereocenters. The average Bonchev–Trinajstić information content (AvgIpc) is 3.21. The summed E-state index contributed by atoms with van der Waals surface area (Å²) in [6.07, 6.45) is 0. The van der Waals surface area contributed by atoms with E-state index in [0.29, 0.717) is 30.2 Å². The number of fused-ring (bicyclic) bond motifs is 1. The fourth-order valence-electron chi connectivity index (χ4n) is 3.11. The number of benzene rings is 3. The van der Waals surface area contributed by atoms with Crippen LogP contribution in [0.1, 0.15) is 16.7 Å². The summed E-state index contributed by atoms with van der Waals surface area (Å²) in [6.45, 7) is 1.78. The molecular weight excluding hydrogens is 373 g/mol. The van der Waals surface area contributed by atoms with Crippen molar-refractivity contribution in [1.29, 1.82) is 0 Å². The molecular formula is C23H22FNO4. The van der Waals surface area contributed by atoms with Gasteiger partial charge >= 0.3 is 0 Å². The summed E-state index contributed by atoms with van der Waals surface area (Å²) >= 11 is 0. The van der Waals surface area contributed by atoms with Gasteiger partial charge in [-0.3, -0.25) is 0 Å². The minimum absolute atomic E-state index is 0.144. The second kappa shape index (κ2) is 8.84. The number of halogens is 1. The van der Waals surface area contributed by atoms with E-state index in [2.05, 4.69) is 5.32 Å². The first-order chi connectivity index (χ1) is 14.2. The van der Waals surface area contributed by atoms with E-state index in [1.165, 1.54) is 6.07 Å². The maximum Gasteiger partial charge on any atom is 0.231 e. The lowest BCUT2D eigenvalue weighted by molar-refractivity contribution is 0.174. The smallest absolute Gasteiger partial charge is 0.231 e. The van der Waals surface area contributed by atoms with Gasteiger partial charge in [-0.05, 0) is 41.5 Å². The van der Waals surface area contributed by atoms with Crippen LogP contribution in [0.4, 0.5) is 4.39 Å². The van der Waals surface area contributed by atoms with Gasteiger partial charge in [-0.15, -0.1) is 0 Å². The topological polar surface area (TPSA) is 49.0 Å². The fraction of sp³-hybridized carbons (Fsp3) is 0.217. The van der Waals surface area contributed by atoms with Crippen LogP contribution in [-0.4, -0.2) is 13.9 Å². The molecule has 3 aromatic carbocycles. The van der Waals surface area contributed by atoms with Crippen LogP contribution in [0.5, 0.6) is 23.0 Å². The maximum absolute atomic E-state index is 13.8. The number of hydrogen-bond donors (Lipinski definition) is 1. The Morgan fingerprint density at radius 2 is 1.66 bits per heavy atom. The van der Waals surface area contributed by atoms with Crippen LogP contribution in [0.15, 0.2) is 60.7 Å². The van der Waals surface area contributed by atoms with E-state index in [4.69, 9.17) is 18.9 Å². The van der Waals surface area contributed by atoms with Gasteiger partial charge in [0, 0.05) is 18.7 Å². The van der Waals surface area contributed by atoms with Crippen molar-refractivity contribution in [3.8, 4) is 23.0 Å². The highest BCUT2D eigenvalue weighted by Crippen LogP contribution is 2.32. The van der Waals surface area contributed by atoms with E-state index in [-0.39, 0.29) is 19.2 Å². The molecule has 0 saturated heterocycles. The summed E-state index contributed by atoms with van der Waals surface area (Å²) in [7, 11) is 1.59. The monoisotopic (exact) mass is 395 g/mol. The molecule has 0 atom stereocenters. The van der Waals surface area contributed by atoms with Crippen LogP contribution in [-0.2, 0) is 19.7 Å². The second-order valence-electron chi connectivity index (χ2n) is 6.66. The molecule has 0 radical (unpaired) electrons. The van der Waals surface area contributed by atoms with Gasteiger partial charge in [-0.1, -0.05) is 30.3 Å². The van der Waals surface area contributed by atoms with Crippen molar-refractivity contribution in [1.82, 2.24) is 5.32 Å². The third kappa shape index (κ3) is 4.60. The Morgan fingerprint density at radius 1 is 0.897 bits per heavy atom. The Balaban J connectivity index is 1.34. The summed E-state index contributed by atoms with van der Waals surface area (Å²) in [6, 6.07) is 18.2. The van der Waals surface area contributed by atoms with Crippen molar-refractivity contribution >= 4 is 0 Å². The van der Waals surface area contributed by atoms with E-state index in [9.17, 15) is 4.39 Å². The van der Waals surface area contributed by atoms with E-state index >= 15 is 0 Å². The zero-order chi connectivity index (χ0) is 20.1. The number of hydrogen-bond acceptors (Lipinski definition) is 5. The average molecular weight is 395 g/mol. The summed E-state index contributed by atoms with van der Waals surface area (Å²) in [5.74, 6) is 2.47. The molecule has 0 bridgehead atoms. The van der Waals surface area contributed by atoms with Gasteiger partial charge in [0.2, 0.25) is 6.79 Å². The Labute approximate surface area is 169 Å². The van der Waals surface area contributed by atoms with Gasteiger partial charge in [0.1, 0.15) is 12.4 Å². The van der Waals surface area contributed by atoms with Crippen LogP contribution in [0.25, 0.3) is 0 Å². The van der Waals surface area contributed by atoms with Crippen LogP contribution < -0.4 is 24.3 Å². The molecule has 0 spiro atoms. The van der Waals surface area contributed by atoms with Crippen molar-refractivity contribution in [3.05, 3.63) is 83.2 Å². The molecule has 1 N–H and O–H groups in total. The molecule has 1 aliphatic heterocycles. The lowest BCUT2D eigenvalue weighted by Gasteiger charge is -2.13. The SMILES string of the molecule is COc1cc(CNCc2ccc3c(c2)OCO3)ccc1OCc1ccccc1F. The Morgan fingerprint density at radius 3 is 2.48 bits per heavy atom. The Bertz CT molecular complexity index is 992. The Hall–Kier alpha value is -3.25. The lowest BCUT2D eigenvalue weighted by Crippen LogP contribution is -2.12. The first-order valence-corrected chi connectivity index (χ1v) is 9.35. The number of ether oxygens (including phenoxy) is 4. The molecule has 4 rings (SSSR count). The molecule has 0 aromatic heterocycles. The standard InChI is InChI=1S/C23H22FNO4/c1-26-22-10-16(6-8-20(22)27-14-18-4-2-3-5-19(18)24)12-25-13-17-7-9-21-23(11-17)29-15-28-21/h2-11,25H,12-15H2,1H3. The molecule has 6 heteroatoms. The molecule has 0 amide bonds. The Kier molecular flexibility index (Phi) is 5.81. The van der Waals surface area contributed by atoms with Gasteiger partial charge in [0.05, 0.1) is 7.11 Å². The van der Waals surface area contributed by atoms with E-state index in [1.54, 1.807) is 25.3 Å². The van der Waals surface area contributed by atoms with Gasteiger partial charge < -0.3 is 24.3 Å². The van der Waals surface area contributed by atoms with Gasteiger partial charge in [-0.2, -0.15) is 0 Å².